The van der Waals surface area contributed by atoms with E-state index in [1.165, 1.54) is 7.11 Å². The third-order valence-electron chi connectivity index (χ3n) is 2.47. The molecule has 0 aromatic heterocycles. The number of benzene rings is 1. The van der Waals surface area contributed by atoms with Crippen molar-refractivity contribution in [1.82, 2.24) is 4.72 Å². The van der Waals surface area contributed by atoms with Crippen LogP contribution in [0.25, 0.3) is 0 Å². The Labute approximate surface area is 122 Å². The van der Waals surface area contributed by atoms with Gasteiger partial charge in [0.05, 0.1) is 6.10 Å². The number of halogens is 3. The molecule has 0 amide bonds. The van der Waals surface area contributed by atoms with Crippen LogP contribution in [-0.4, -0.2) is 33.7 Å². The van der Waals surface area contributed by atoms with Gasteiger partial charge in [-0.05, 0) is 6.07 Å². The number of hydrogen-bond acceptors (Lipinski definition) is 3. The summed E-state index contributed by atoms with van der Waals surface area (Å²) in [6.45, 7) is 0.382. The van der Waals surface area contributed by atoms with E-state index in [1.807, 2.05) is 0 Å². The molecule has 0 aliphatic carbocycles. The van der Waals surface area contributed by atoms with E-state index in [0.29, 0.717) is 17.5 Å². The fourth-order valence-electron chi connectivity index (χ4n) is 1.64. The van der Waals surface area contributed by atoms with Crippen molar-refractivity contribution in [3.05, 3.63) is 34.9 Å². The Morgan fingerprint density at radius 3 is 2.50 bits per heavy atom. The average Bonchev–Trinajstić information content (AvgIpc) is 2.28. The number of alkyl halides is 2. The van der Waals surface area contributed by atoms with Crippen molar-refractivity contribution in [3.63, 3.8) is 0 Å². The lowest BCUT2D eigenvalue weighted by Crippen LogP contribution is -2.36. The molecule has 0 saturated carbocycles. The summed E-state index contributed by atoms with van der Waals surface area (Å²) in [5.41, 5.74) is 0.586. The molecule has 0 saturated heterocycles. The molecule has 1 aromatic carbocycles. The van der Waals surface area contributed by atoms with Crippen LogP contribution in [0.5, 0.6) is 0 Å². The minimum atomic E-state index is -4.09. The molecular formula is C12H16ClF2NO3S. The van der Waals surface area contributed by atoms with Gasteiger partial charge in [-0.1, -0.05) is 29.8 Å². The zero-order valence-corrected chi connectivity index (χ0v) is 12.6. The predicted octanol–water partition coefficient (Wildman–Crippen LogP) is 2.60. The Balaban J connectivity index is 2.74. The Hall–Kier alpha value is -0.760. The molecule has 8 heteroatoms. The number of hydrogen-bond donors (Lipinski definition) is 1. The minimum absolute atomic E-state index is 0.168. The summed E-state index contributed by atoms with van der Waals surface area (Å²) in [5, 5.41) is 0.416. The molecule has 0 spiro atoms. The van der Waals surface area contributed by atoms with Crippen LogP contribution in [0.15, 0.2) is 24.3 Å². The molecule has 0 fully saturated rings. The summed E-state index contributed by atoms with van der Waals surface area (Å²) in [4.78, 5) is 0. The van der Waals surface area contributed by atoms with Crippen LogP contribution in [0.1, 0.15) is 18.6 Å². The molecule has 0 bridgehead atoms. The van der Waals surface area contributed by atoms with Crippen LogP contribution in [0, 0.1) is 0 Å². The second kappa shape index (κ2) is 6.80. The topological polar surface area (TPSA) is 55.4 Å². The fourth-order valence-corrected chi connectivity index (χ4v) is 3.08. The monoisotopic (exact) mass is 327 g/mol. The van der Waals surface area contributed by atoms with E-state index < -0.39 is 27.8 Å². The second-order valence-corrected chi connectivity index (χ2v) is 6.64. The van der Waals surface area contributed by atoms with E-state index in [1.54, 1.807) is 24.3 Å². The number of ether oxygens (including phenoxy) is 1. The first-order chi connectivity index (χ1) is 9.14. The van der Waals surface area contributed by atoms with E-state index >= 15 is 0 Å². The van der Waals surface area contributed by atoms with Crippen molar-refractivity contribution in [2.45, 2.75) is 19.0 Å². The maximum absolute atomic E-state index is 12.7. The van der Waals surface area contributed by atoms with Crippen LogP contribution in [0.2, 0.25) is 5.02 Å². The summed E-state index contributed by atoms with van der Waals surface area (Å²) in [6, 6.07) is 6.76. The predicted molar refractivity (Wildman–Crippen MR) is 73.6 cm³/mol. The van der Waals surface area contributed by atoms with Gasteiger partial charge in [0.1, 0.15) is 5.75 Å². The van der Waals surface area contributed by atoms with Gasteiger partial charge in [0, 0.05) is 31.2 Å². The third kappa shape index (κ3) is 5.70. The molecule has 1 aromatic rings. The van der Waals surface area contributed by atoms with Crippen LogP contribution in [0.4, 0.5) is 8.78 Å². The summed E-state index contributed by atoms with van der Waals surface area (Å²) >= 11 is 5.98. The molecule has 1 N–H and O–H groups in total. The van der Waals surface area contributed by atoms with E-state index in [-0.39, 0.29) is 6.54 Å². The van der Waals surface area contributed by atoms with Crippen LogP contribution >= 0.6 is 11.6 Å². The Kier molecular flexibility index (Phi) is 5.88. The standard InChI is InChI=1S/C12H16ClF2NO3S/c1-12(14,15)8-20(17,18)16-7-11(19-2)9-5-3-4-6-10(9)13/h3-6,11,16H,7-8H2,1-2H3/t11-/m0/s1. The number of rotatable bonds is 7. The van der Waals surface area contributed by atoms with Gasteiger partial charge in [-0.2, -0.15) is 0 Å². The van der Waals surface area contributed by atoms with Gasteiger partial charge in [0.15, 0.2) is 0 Å². The Bertz CT molecular complexity index is 546. The van der Waals surface area contributed by atoms with Gasteiger partial charge in [0.2, 0.25) is 10.0 Å². The van der Waals surface area contributed by atoms with Crippen molar-refractivity contribution >= 4 is 21.6 Å². The number of methoxy groups -OCH3 is 1. The van der Waals surface area contributed by atoms with Gasteiger partial charge in [-0.25, -0.2) is 21.9 Å². The smallest absolute Gasteiger partial charge is 0.260 e. The van der Waals surface area contributed by atoms with E-state index in [2.05, 4.69) is 4.72 Å². The summed E-state index contributed by atoms with van der Waals surface area (Å²) < 4.78 is 55.7. The maximum Gasteiger partial charge on any atom is 0.260 e. The largest absolute Gasteiger partial charge is 0.375 e. The van der Waals surface area contributed by atoms with Gasteiger partial charge < -0.3 is 4.74 Å². The van der Waals surface area contributed by atoms with Crippen molar-refractivity contribution in [2.75, 3.05) is 19.4 Å². The molecule has 0 radical (unpaired) electrons. The normalized spacial score (nSPS) is 14.2. The molecule has 1 atom stereocenters. The highest BCUT2D eigenvalue weighted by atomic mass is 35.5. The van der Waals surface area contributed by atoms with Crippen molar-refractivity contribution in [3.8, 4) is 0 Å². The molecule has 0 aliphatic rings. The minimum Gasteiger partial charge on any atom is -0.375 e. The molecule has 0 aliphatic heterocycles. The number of nitrogens with one attached hydrogen (secondary N) is 1. The fraction of sp³-hybridized carbons (Fsp3) is 0.500. The second-order valence-electron chi connectivity index (χ2n) is 4.42. The van der Waals surface area contributed by atoms with Gasteiger partial charge in [0.25, 0.3) is 5.92 Å². The van der Waals surface area contributed by atoms with Crippen LogP contribution in [0.3, 0.4) is 0 Å². The average molecular weight is 328 g/mol. The van der Waals surface area contributed by atoms with Crippen molar-refractivity contribution in [2.24, 2.45) is 0 Å². The van der Waals surface area contributed by atoms with Gasteiger partial charge >= 0.3 is 0 Å². The highest BCUT2D eigenvalue weighted by Crippen LogP contribution is 2.24. The molecule has 20 heavy (non-hydrogen) atoms. The Morgan fingerprint density at radius 2 is 2.00 bits per heavy atom. The SMILES string of the molecule is CO[C@@H](CNS(=O)(=O)CC(C)(F)F)c1ccccc1Cl. The van der Waals surface area contributed by atoms with Crippen LogP contribution in [-0.2, 0) is 14.8 Å². The molecule has 114 valence electrons. The van der Waals surface area contributed by atoms with E-state index in [0.717, 1.165) is 0 Å². The lowest BCUT2D eigenvalue weighted by Gasteiger charge is -2.18. The van der Waals surface area contributed by atoms with E-state index in [4.69, 9.17) is 16.3 Å². The first-order valence-corrected chi connectivity index (χ1v) is 7.80. The summed E-state index contributed by atoms with van der Waals surface area (Å²) in [7, 11) is -2.70. The third-order valence-corrected chi connectivity index (χ3v) is 4.31. The number of sulfonamides is 1. The van der Waals surface area contributed by atoms with Gasteiger partial charge in [-0.15, -0.1) is 0 Å². The van der Waals surface area contributed by atoms with Gasteiger partial charge in [-0.3, -0.25) is 0 Å². The molecule has 4 nitrogen and oxygen atoms in total. The van der Waals surface area contributed by atoms with Crippen molar-refractivity contribution < 1.29 is 21.9 Å². The lowest BCUT2D eigenvalue weighted by atomic mass is 10.1. The Morgan fingerprint density at radius 1 is 1.40 bits per heavy atom. The molecular weight excluding hydrogens is 312 g/mol. The first kappa shape index (κ1) is 17.3. The highest BCUT2D eigenvalue weighted by molar-refractivity contribution is 7.89. The summed E-state index contributed by atoms with van der Waals surface area (Å²) in [5.74, 6) is -4.56. The summed E-state index contributed by atoms with van der Waals surface area (Å²) in [6.07, 6.45) is -0.649. The zero-order chi connectivity index (χ0) is 15.4. The van der Waals surface area contributed by atoms with Crippen molar-refractivity contribution in [1.29, 1.82) is 0 Å². The molecule has 0 unspecified atom stereocenters. The lowest BCUT2D eigenvalue weighted by molar-refractivity contribution is 0.0468. The zero-order valence-electron chi connectivity index (χ0n) is 11.1. The van der Waals surface area contributed by atoms with E-state index in [9.17, 15) is 17.2 Å². The quantitative estimate of drug-likeness (QED) is 0.837. The molecule has 0 heterocycles. The van der Waals surface area contributed by atoms with Crippen LogP contribution < -0.4 is 4.72 Å². The first-order valence-electron chi connectivity index (χ1n) is 5.77. The molecule has 1 rings (SSSR count). The maximum atomic E-state index is 12.7. The highest BCUT2D eigenvalue weighted by Gasteiger charge is 2.30.